The summed E-state index contributed by atoms with van der Waals surface area (Å²) in [7, 11) is 0. The van der Waals surface area contributed by atoms with E-state index < -0.39 is 23.8 Å². The van der Waals surface area contributed by atoms with E-state index in [0.29, 0.717) is 16.8 Å². The fourth-order valence-corrected chi connectivity index (χ4v) is 3.45. The molecule has 3 aromatic carbocycles. The fourth-order valence-electron chi connectivity index (χ4n) is 3.45. The largest absolute Gasteiger partial charge is 0.324 e. The van der Waals surface area contributed by atoms with Crippen molar-refractivity contribution in [3.8, 4) is 0 Å². The average Bonchev–Trinajstić information content (AvgIpc) is 3.04. The fraction of sp³-hybridized carbons (Fsp3) is 0.0833. The summed E-state index contributed by atoms with van der Waals surface area (Å²) in [6, 6.07) is 20.8. The number of hydrogen-bond acceptors (Lipinski definition) is 4. The molecule has 0 radical (unpaired) electrons. The second-order valence-corrected chi connectivity index (χ2v) is 6.93. The lowest BCUT2D eigenvalue weighted by atomic mass is 10.0. The van der Waals surface area contributed by atoms with Crippen molar-refractivity contribution in [2.75, 3.05) is 5.32 Å². The summed E-state index contributed by atoms with van der Waals surface area (Å²) in [6.45, 7) is 1.48. The van der Waals surface area contributed by atoms with Crippen molar-refractivity contribution >= 4 is 29.2 Å². The second-order valence-electron chi connectivity index (χ2n) is 6.93. The molecule has 0 aromatic heterocycles. The van der Waals surface area contributed by atoms with Crippen LogP contribution in [0.2, 0.25) is 0 Å². The number of ketones is 1. The van der Waals surface area contributed by atoms with Gasteiger partial charge in [0, 0.05) is 11.1 Å². The predicted octanol–water partition coefficient (Wildman–Crippen LogP) is 3.54. The van der Waals surface area contributed by atoms with E-state index in [0.717, 1.165) is 4.90 Å². The summed E-state index contributed by atoms with van der Waals surface area (Å²) in [5.74, 6) is -1.81. The van der Waals surface area contributed by atoms with Gasteiger partial charge in [0.15, 0.2) is 5.78 Å². The lowest BCUT2D eigenvalue weighted by Gasteiger charge is -2.22. The van der Waals surface area contributed by atoms with Crippen molar-refractivity contribution in [3.05, 3.63) is 101 Å². The molecular weight excluding hydrogens is 380 g/mol. The molecule has 1 atom stereocenters. The van der Waals surface area contributed by atoms with Crippen LogP contribution in [0.25, 0.3) is 0 Å². The number of para-hydroxylation sites is 1. The first-order valence-corrected chi connectivity index (χ1v) is 9.45. The third-order valence-electron chi connectivity index (χ3n) is 5.06. The Labute approximate surface area is 173 Å². The summed E-state index contributed by atoms with van der Waals surface area (Å²) < 4.78 is 0. The second kappa shape index (κ2) is 7.75. The molecule has 148 valence electrons. The average molecular weight is 398 g/mol. The molecule has 30 heavy (non-hydrogen) atoms. The van der Waals surface area contributed by atoms with E-state index >= 15 is 0 Å². The quantitative estimate of drug-likeness (QED) is 0.526. The zero-order valence-electron chi connectivity index (χ0n) is 16.2. The molecular formula is C24H18N2O4. The van der Waals surface area contributed by atoms with Gasteiger partial charge in [0.25, 0.3) is 11.8 Å². The number of fused-ring (bicyclic) bond motifs is 1. The number of rotatable bonds is 5. The van der Waals surface area contributed by atoms with E-state index in [1.54, 1.807) is 72.8 Å². The minimum atomic E-state index is -1.04. The highest BCUT2D eigenvalue weighted by molar-refractivity contribution is 6.23. The maximum absolute atomic E-state index is 12.9. The zero-order chi connectivity index (χ0) is 21.3. The van der Waals surface area contributed by atoms with Gasteiger partial charge in [-0.05, 0) is 31.2 Å². The Bertz CT molecular complexity index is 1140. The van der Waals surface area contributed by atoms with Gasteiger partial charge in [0.2, 0.25) is 5.91 Å². The Morgan fingerprint density at radius 3 is 1.93 bits per heavy atom. The van der Waals surface area contributed by atoms with Gasteiger partial charge in [-0.3, -0.25) is 24.1 Å². The van der Waals surface area contributed by atoms with Crippen LogP contribution in [0.5, 0.6) is 0 Å². The summed E-state index contributed by atoms with van der Waals surface area (Å²) >= 11 is 0. The van der Waals surface area contributed by atoms with Crippen molar-refractivity contribution in [2.24, 2.45) is 0 Å². The van der Waals surface area contributed by atoms with Crippen LogP contribution in [-0.4, -0.2) is 34.4 Å². The van der Waals surface area contributed by atoms with Crippen LogP contribution in [0.1, 0.15) is 43.6 Å². The van der Waals surface area contributed by atoms with Crippen LogP contribution in [-0.2, 0) is 4.79 Å². The SMILES string of the molecule is CC(C(=O)Nc1ccccc1C(=O)c1ccccc1)N1C(=O)c2ccccc2C1=O. The summed E-state index contributed by atoms with van der Waals surface area (Å²) in [6.07, 6.45) is 0. The highest BCUT2D eigenvalue weighted by Crippen LogP contribution is 2.26. The van der Waals surface area contributed by atoms with Gasteiger partial charge < -0.3 is 5.32 Å². The molecule has 6 heteroatoms. The van der Waals surface area contributed by atoms with Crippen LogP contribution in [0.15, 0.2) is 78.9 Å². The van der Waals surface area contributed by atoms with E-state index in [4.69, 9.17) is 0 Å². The summed E-state index contributed by atoms with van der Waals surface area (Å²) in [5.41, 5.74) is 1.70. The van der Waals surface area contributed by atoms with Gasteiger partial charge >= 0.3 is 0 Å². The number of carbonyl (C=O) groups is 4. The van der Waals surface area contributed by atoms with E-state index in [1.165, 1.54) is 6.92 Å². The van der Waals surface area contributed by atoms with Crippen LogP contribution < -0.4 is 5.32 Å². The topological polar surface area (TPSA) is 83.6 Å². The van der Waals surface area contributed by atoms with Crippen molar-refractivity contribution in [2.45, 2.75) is 13.0 Å². The molecule has 0 aliphatic carbocycles. The monoisotopic (exact) mass is 398 g/mol. The highest BCUT2D eigenvalue weighted by Gasteiger charge is 2.40. The maximum Gasteiger partial charge on any atom is 0.262 e. The molecule has 1 heterocycles. The molecule has 1 aliphatic rings. The first-order valence-electron chi connectivity index (χ1n) is 9.45. The molecule has 1 aliphatic heterocycles. The molecule has 1 unspecified atom stereocenters. The van der Waals surface area contributed by atoms with E-state index in [2.05, 4.69) is 5.32 Å². The molecule has 0 fully saturated rings. The molecule has 3 aromatic rings. The molecule has 0 bridgehead atoms. The van der Waals surface area contributed by atoms with Crippen molar-refractivity contribution in [1.29, 1.82) is 0 Å². The zero-order valence-corrected chi connectivity index (χ0v) is 16.2. The van der Waals surface area contributed by atoms with Crippen molar-refractivity contribution in [1.82, 2.24) is 4.90 Å². The van der Waals surface area contributed by atoms with Gasteiger partial charge in [-0.2, -0.15) is 0 Å². The molecule has 0 spiro atoms. The van der Waals surface area contributed by atoms with E-state index in [1.807, 2.05) is 6.07 Å². The smallest absolute Gasteiger partial charge is 0.262 e. The summed E-state index contributed by atoms with van der Waals surface area (Å²) in [4.78, 5) is 52.0. The number of anilines is 1. The number of imide groups is 1. The van der Waals surface area contributed by atoms with Gasteiger partial charge in [-0.15, -0.1) is 0 Å². The Hall–Kier alpha value is -4.06. The Morgan fingerprint density at radius 2 is 1.30 bits per heavy atom. The number of nitrogens with zero attached hydrogens (tertiary/aromatic N) is 1. The number of benzene rings is 3. The number of nitrogens with one attached hydrogen (secondary N) is 1. The molecule has 1 N–H and O–H groups in total. The molecule has 6 nitrogen and oxygen atoms in total. The van der Waals surface area contributed by atoms with Crippen LogP contribution in [0.4, 0.5) is 5.69 Å². The van der Waals surface area contributed by atoms with Gasteiger partial charge in [0.1, 0.15) is 6.04 Å². The third-order valence-corrected chi connectivity index (χ3v) is 5.06. The maximum atomic E-state index is 12.9. The molecule has 3 amide bonds. The van der Waals surface area contributed by atoms with Gasteiger partial charge in [-0.25, -0.2) is 0 Å². The van der Waals surface area contributed by atoms with Crippen LogP contribution in [0.3, 0.4) is 0 Å². The van der Waals surface area contributed by atoms with Crippen LogP contribution >= 0.6 is 0 Å². The highest BCUT2D eigenvalue weighted by atomic mass is 16.2. The minimum Gasteiger partial charge on any atom is -0.324 e. The summed E-state index contributed by atoms with van der Waals surface area (Å²) in [5, 5.41) is 2.70. The standard InChI is InChI=1S/C24H18N2O4/c1-15(26-23(29)17-11-5-6-12-18(17)24(26)30)22(28)25-20-14-8-7-13-19(20)21(27)16-9-3-2-4-10-16/h2-15H,1H3,(H,25,28). The van der Waals surface area contributed by atoms with Crippen molar-refractivity contribution < 1.29 is 19.2 Å². The van der Waals surface area contributed by atoms with E-state index in [-0.39, 0.29) is 16.9 Å². The predicted molar refractivity (Wildman–Crippen MR) is 111 cm³/mol. The number of amides is 3. The first-order chi connectivity index (χ1) is 14.5. The molecule has 0 saturated carbocycles. The van der Waals surface area contributed by atoms with Gasteiger partial charge in [-0.1, -0.05) is 54.6 Å². The Balaban J connectivity index is 1.58. The minimum absolute atomic E-state index is 0.236. The first kappa shape index (κ1) is 19.3. The van der Waals surface area contributed by atoms with Crippen molar-refractivity contribution in [3.63, 3.8) is 0 Å². The van der Waals surface area contributed by atoms with Gasteiger partial charge in [0.05, 0.1) is 16.8 Å². The number of carbonyl (C=O) groups excluding carboxylic acids is 4. The lowest BCUT2D eigenvalue weighted by molar-refractivity contribution is -0.119. The normalized spacial score (nSPS) is 13.7. The Morgan fingerprint density at radius 1 is 0.767 bits per heavy atom. The number of hydrogen-bond donors (Lipinski definition) is 1. The molecule has 4 rings (SSSR count). The Kier molecular flexibility index (Phi) is 4.98. The lowest BCUT2D eigenvalue weighted by Crippen LogP contribution is -2.45. The van der Waals surface area contributed by atoms with E-state index in [9.17, 15) is 19.2 Å². The van der Waals surface area contributed by atoms with Crippen LogP contribution in [0, 0.1) is 0 Å². The molecule has 0 saturated heterocycles. The third kappa shape index (κ3) is 3.28.